The van der Waals surface area contributed by atoms with Crippen LogP contribution in [0.1, 0.15) is 18.4 Å². The average Bonchev–Trinajstić information content (AvgIpc) is 2.86. The van der Waals surface area contributed by atoms with Crippen molar-refractivity contribution in [1.29, 1.82) is 5.26 Å². The van der Waals surface area contributed by atoms with Gasteiger partial charge in [0.2, 0.25) is 15.9 Å². The van der Waals surface area contributed by atoms with Crippen LogP contribution in [0.25, 0.3) is 10.8 Å². The number of piperidine rings is 1. The van der Waals surface area contributed by atoms with Gasteiger partial charge in [-0.15, -0.1) is 0 Å². The second kappa shape index (κ2) is 10.0. The Morgan fingerprint density at radius 3 is 2.48 bits per heavy atom. The van der Waals surface area contributed by atoms with Crippen molar-refractivity contribution in [2.24, 2.45) is 5.92 Å². The molecule has 0 radical (unpaired) electrons. The topological polar surface area (TPSA) is 99.5 Å². The standard InChI is InChI=1S/C25H25N3O4S/c26-18-22-7-3-4-8-24(22)33(30,31)28-14-11-20(12-15-28)25(29)27-13-16-32-23-10-9-19-5-1-2-6-21(19)17-23/h1-10,17,20H,11-16H2,(H,27,29). The summed E-state index contributed by atoms with van der Waals surface area (Å²) < 4.78 is 33.0. The number of nitriles is 1. The largest absolute Gasteiger partial charge is 0.492 e. The van der Waals surface area contributed by atoms with Crippen LogP contribution in [0.3, 0.4) is 0 Å². The summed E-state index contributed by atoms with van der Waals surface area (Å²) in [5.74, 6) is 0.411. The van der Waals surface area contributed by atoms with E-state index in [0.29, 0.717) is 26.0 Å². The summed E-state index contributed by atoms with van der Waals surface area (Å²) in [4.78, 5) is 12.5. The van der Waals surface area contributed by atoms with E-state index in [0.717, 1.165) is 16.5 Å². The van der Waals surface area contributed by atoms with Crippen molar-refractivity contribution in [2.45, 2.75) is 17.7 Å². The molecule has 7 nitrogen and oxygen atoms in total. The fourth-order valence-electron chi connectivity index (χ4n) is 4.03. The van der Waals surface area contributed by atoms with Gasteiger partial charge in [-0.2, -0.15) is 9.57 Å². The van der Waals surface area contributed by atoms with Gasteiger partial charge in [0.25, 0.3) is 0 Å². The number of fused-ring (bicyclic) bond motifs is 1. The van der Waals surface area contributed by atoms with E-state index >= 15 is 0 Å². The van der Waals surface area contributed by atoms with E-state index in [4.69, 9.17) is 4.74 Å². The summed E-state index contributed by atoms with van der Waals surface area (Å²) in [6.07, 6.45) is 0.872. The highest BCUT2D eigenvalue weighted by Crippen LogP contribution is 2.26. The number of amides is 1. The Bertz CT molecular complexity index is 1290. The summed E-state index contributed by atoms with van der Waals surface area (Å²) in [6, 6.07) is 22.0. The molecule has 0 atom stereocenters. The lowest BCUT2D eigenvalue weighted by atomic mass is 9.97. The lowest BCUT2D eigenvalue weighted by Gasteiger charge is -2.30. The molecule has 1 fully saturated rings. The van der Waals surface area contributed by atoms with Gasteiger partial charge in [0, 0.05) is 19.0 Å². The van der Waals surface area contributed by atoms with Crippen LogP contribution in [0.5, 0.6) is 5.75 Å². The molecule has 1 N–H and O–H groups in total. The first-order valence-corrected chi connectivity index (χ1v) is 12.3. The molecule has 0 aromatic heterocycles. The highest BCUT2D eigenvalue weighted by Gasteiger charge is 2.33. The van der Waals surface area contributed by atoms with E-state index in [2.05, 4.69) is 5.32 Å². The van der Waals surface area contributed by atoms with Crippen LogP contribution >= 0.6 is 0 Å². The van der Waals surface area contributed by atoms with Crippen LogP contribution in [-0.2, 0) is 14.8 Å². The van der Waals surface area contributed by atoms with Gasteiger partial charge in [-0.1, -0.05) is 42.5 Å². The number of nitrogens with one attached hydrogen (secondary N) is 1. The Kier molecular flexibility index (Phi) is 6.92. The summed E-state index contributed by atoms with van der Waals surface area (Å²) in [6.45, 7) is 1.21. The van der Waals surface area contributed by atoms with Crippen molar-refractivity contribution in [3.05, 3.63) is 72.3 Å². The normalized spacial score (nSPS) is 15.1. The lowest BCUT2D eigenvalue weighted by Crippen LogP contribution is -2.43. The van der Waals surface area contributed by atoms with Crippen LogP contribution in [-0.4, -0.2) is 44.9 Å². The minimum absolute atomic E-state index is 0.0150. The van der Waals surface area contributed by atoms with Crippen molar-refractivity contribution in [1.82, 2.24) is 9.62 Å². The predicted molar refractivity (Wildman–Crippen MR) is 125 cm³/mol. The van der Waals surface area contributed by atoms with Gasteiger partial charge >= 0.3 is 0 Å². The SMILES string of the molecule is N#Cc1ccccc1S(=O)(=O)N1CCC(C(=O)NCCOc2ccc3ccccc3c2)CC1. The van der Waals surface area contributed by atoms with Gasteiger partial charge in [0.1, 0.15) is 18.4 Å². The Morgan fingerprint density at radius 2 is 1.73 bits per heavy atom. The van der Waals surface area contributed by atoms with Crippen LogP contribution in [0.2, 0.25) is 0 Å². The van der Waals surface area contributed by atoms with Gasteiger partial charge in [-0.25, -0.2) is 8.42 Å². The average molecular weight is 464 g/mol. The van der Waals surface area contributed by atoms with Gasteiger partial charge in [0.05, 0.1) is 17.0 Å². The number of hydrogen-bond donors (Lipinski definition) is 1. The highest BCUT2D eigenvalue weighted by molar-refractivity contribution is 7.89. The summed E-state index contributed by atoms with van der Waals surface area (Å²) in [7, 11) is -3.76. The van der Waals surface area contributed by atoms with Crippen LogP contribution in [0.4, 0.5) is 0 Å². The summed E-state index contributed by atoms with van der Waals surface area (Å²) >= 11 is 0. The molecule has 0 bridgehead atoms. The Balaban J connectivity index is 1.25. The Morgan fingerprint density at radius 1 is 1.03 bits per heavy atom. The van der Waals surface area contributed by atoms with E-state index in [-0.39, 0.29) is 35.4 Å². The molecule has 170 valence electrons. The van der Waals surface area contributed by atoms with E-state index in [1.54, 1.807) is 12.1 Å². The monoisotopic (exact) mass is 463 g/mol. The van der Waals surface area contributed by atoms with Crippen molar-refractivity contribution < 1.29 is 17.9 Å². The number of sulfonamides is 1. The third kappa shape index (κ3) is 5.16. The smallest absolute Gasteiger partial charge is 0.244 e. The van der Waals surface area contributed by atoms with Crippen molar-refractivity contribution >= 4 is 26.7 Å². The van der Waals surface area contributed by atoms with E-state index in [9.17, 15) is 18.5 Å². The van der Waals surface area contributed by atoms with Gasteiger partial charge in [-0.05, 0) is 47.9 Å². The second-order valence-corrected chi connectivity index (χ2v) is 9.84. The van der Waals surface area contributed by atoms with E-state index in [1.165, 1.54) is 16.4 Å². The maximum atomic E-state index is 12.9. The molecule has 0 spiro atoms. The van der Waals surface area contributed by atoms with Gasteiger partial charge in [0.15, 0.2) is 0 Å². The second-order valence-electron chi connectivity index (χ2n) is 7.93. The molecule has 1 saturated heterocycles. The molecule has 8 heteroatoms. The number of hydrogen-bond acceptors (Lipinski definition) is 5. The van der Waals surface area contributed by atoms with Gasteiger partial charge < -0.3 is 10.1 Å². The third-order valence-electron chi connectivity index (χ3n) is 5.84. The molecular formula is C25H25N3O4S. The zero-order valence-electron chi connectivity index (χ0n) is 18.1. The molecule has 3 aromatic carbocycles. The predicted octanol–water partition coefficient (Wildman–Crippen LogP) is 3.31. The molecule has 1 amide bonds. The molecule has 0 aliphatic carbocycles. The fraction of sp³-hybridized carbons (Fsp3) is 0.280. The Labute approximate surface area is 193 Å². The van der Waals surface area contributed by atoms with Crippen molar-refractivity contribution in [3.8, 4) is 11.8 Å². The van der Waals surface area contributed by atoms with E-state index < -0.39 is 10.0 Å². The van der Waals surface area contributed by atoms with Gasteiger partial charge in [-0.3, -0.25) is 4.79 Å². The van der Waals surface area contributed by atoms with Crippen LogP contribution < -0.4 is 10.1 Å². The molecule has 1 aliphatic heterocycles. The fourth-order valence-corrected chi connectivity index (χ4v) is 5.64. The quantitative estimate of drug-likeness (QED) is 0.542. The molecule has 1 heterocycles. The minimum Gasteiger partial charge on any atom is -0.492 e. The van der Waals surface area contributed by atoms with Crippen LogP contribution in [0.15, 0.2) is 71.6 Å². The highest BCUT2D eigenvalue weighted by atomic mass is 32.2. The molecule has 0 unspecified atom stereocenters. The molecule has 3 aromatic rings. The van der Waals surface area contributed by atoms with E-state index in [1.807, 2.05) is 48.5 Å². The molecular weight excluding hydrogens is 438 g/mol. The minimum atomic E-state index is -3.76. The number of ether oxygens (including phenoxy) is 1. The first-order chi connectivity index (χ1) is 16.0. The lowest BCUT2D eigenvalue weighted by molar-refractivity contribution is -0.126. The summed E-state index contributed by atoms with van der Waals surface area (Å²) in [5.41, 5.74) is 0.129. The number of carbonyl (C=O) groups excluding carboxylic acids is 1. The van der Waals surface area contributed by atoms with Crippen molar-refractivity contribution in [2.75, 3.05) is 26.2 Å². The van der Waals surface area contributed by atoms with Crippen molar-refractivity contribution in [3.63, 3.8) is 0 Å². The maximum absolute atomic E-state index is 12.9. The molecule has 1 aliphatic rings. The number of carbonyl (C=O) groups is 1. The zero-order valence-corrected chi connectivity index (χ0v) is 18.9. The number of nitrogens with zero attached hydrogens (tertiary/aromatic N) is 2. The first kappa shape index (κ1) is 22.8. The molecule has 4 rings (SSSR count). The number of rotatable bonds is 7. The summed E-state index contributed by atoms with van der Waals surface area (Å²) in [5, 5.41) is 14.3. The zero-order chi connectivity index (χ0) is 23.3. The molecule has 33 heavy (non-hydrogen) atoms. The molecule has 0 saturated carbocycles. The third-order valence-corrected chi connectivity index (χ3v) is 7.80. The maximum Gasteiger partial charge on any atom is 0.244 e. The first-order valence-electron chi connectivity index (χ1n) is 10.9. The Hall–Kier alpha value is -3.41. The number of benzene rings is 3. The van der Waals surface area contributed by atoms with Crippen LogP contribution in [0, 0.1) is 17.2 Å².